The van der Waals surface area contributed by atoms with Crippen LogP contribution in [0.25, 0.3) is 0 Å². The Balaban J connectivity index is 2.35. The Labute approximate surface area is 125 Å². The Kier molecular flexibility index (Phi) is 4.49. The lowest BCUT2D eigenvalue weighted by Gasteiger charge is -2.10. The number of rotatable bonds is 5. The fraction of sp³-hybridized carbons (Fsp3) is 0.143. The van der Waals surface area contributed by atoms with Crippen LogP contribution in [-0.4, -0.2) is 30.3 Å². The van der Waals surface area contributed by atoms with E-state index in [0.717, 1.165) is 0 Å². The maximum absolute atomic E-state index is 11.0. The van der Waals surface area contributed by atoms with Gasteiger partial charge < -0.3 is 19.3 Å². The number of aromatic carboxylic acids is 1. The van der Waals surface area contributed by atoms with Crippen LogP contribution in [0.15, 0.2) is 30.3 Å². The van der Waals surface area contributed by atoms with Crippen molar-refractivity contribution in [1.82, 2.24) is 4.98 Å². The van der Waals surface area contributed by atoms with E-state index in [9.17, 15) is 4.79 Å². The highest BCUT2D eigenvalue weighted by Crippen LogP contribution is 2.30. The molecule has 0 bridgehead atoms. The van der Waals surface area contributed by atoms with E-state index >= 15 is 0 Å². The lowest BCUT2D eigenvalue weighted by Crippen LogP contribution is -1.99. The number of pyridine rings is 1. The maximum atomic E-state index is 11.0. The second-order valence-electron chi connectivity index (χ2n) is 3.97. The summed E-state index contributed by atoms with van der Waals surface area (Å²) in [5.74, 6) is 0.398. The van der Waals surface area contributed by atoms with Crippen molar-refractivity contribution >= 4 is 17.6 Å². The number of nitrogens with zero attached hydrogens (tertiary/aromatic N) is 1. The van der Waals surface area contributed by atoms with Crippen LogP contribution in [0.4, 0.5) is 0 Å². The van der Waals surface area contributed by atoms with Gasteiger partial charge >= 0.3 is 5.97 Å². The molecular formula is C14H12ClNO5. The Morgan fingerprint density at radius 3 is 2.14 bits per heavy atom. The maximum Gasteiger partial charge on any atom is 0.335 e. The van der Waals surface area contributed by atoms with Crippen molar-refractivity contribution in [3.8, 4) is 23.1 Å². The largest absolute Gasteiger partial charge is 0.496 e. The monoisotopic (exact) mass is 309 g/mol. The van der Waals surface area contributed by atoms with E-state index in [1.54, 1.807) is 18.2 Å². The molecule has 0 aliphatic rings. The van der Waals surface area contributed by atoms with Crippen molar-refractivity contribution in [2.75, 3.05) is 14.2 Å². The van der Waals surface area contributed by atoms with Gasteiger partial charge in [0, 0.05) is 24.3 Å². The summed E-state index contributed by atoms with van der Waals surface area (Å²) in [6.07, 6.45) is 0. The first-order valence-corrected chi connectivity index (χ1v) is 6.21. The number of benzene rings is 1. The zero-order chi connectivity index (χ0) is 15.4. The Morgan fingerprint density at radius 1 is 1.05 bits per heavy atom. The molecule has 1 aromatic heterocycles. The summed E-state index contributed by atoms with van der Waals surface area (Å²) < 4.78 is 15.8. The Hall–Kier alpha value is -2.47. The molecule has 0 atom stereocenters. The van der Waals surface area contributed by atoms with Crippen LogP contribution in [0.3, 0.4) is 0 Å². The van der Waals surface area contributed by atoms with Gasteiger partial charge in [0.2, 0.25) is 5.88 Å². The summed E-state index contributed by atoms with van der Waals surface area (Å²) in [6.45, 7) is 0. The van der Waals surface area contributed by atoms with Crippen molar-refractivity contribution in [2.24, 2.45) is 0 Å². The van der Waals surface area contributed by atoms with Crippen LogP contribution in [0, 0.1) is 0 Å². The summed E-state index contributed by atoms with van der Waals surface area (Å²) in [7, 11) is 3.03. The number of hydrogen-bond donors (Lipinski definition) is 1. The van der Waals surface area contributed by atoms with E-state index in [4.69, 9.17) is 30.9 Å². The molecule has 0 aliphatic carbocycles. The van der Waals surface area contributed by atoms with Crippen LogP contribution < -0.4 is 14.2 Å². The molecule has 1 aromatic carbocycles. The smallest absolute Gasteiger partial charge is 0.335 e. The standard InChI is InChI=1S/C14H12ClNO5/c1-19-9-5-10(20-2)7-11(6-9)21-13-4-8(14(17)18)3-12(15)16-13/h3-7H,1-2H3,(H,17,18). The van der Waals surface area contributed by atoms with Gasteiger partial charge in [-0.15, -0.1) is 0 Å². The number of carboxylic acid groups (broad SMARTS) is 1. The van der Waals surface area contributed by atoms with E-state index in [0.29, 0.717) is 17.2 Å². The van der Waals surface area contributed by atoms with Crippen molar-refractivity contribution in [2.45, 2.75) is 0 Å². The molecule has 1 heterocycles. The van der Waals surface area contributed by atoms with Gasteiger partial charge in [0.15, 0.2) is 0 Å². The first kappa shape index (κ1) is 14.9. The molecule has 0 saturated carbocycles. The molecule has 0 unspecified atom stereocenters. The van der Waals surface area contributed by atoms with Gasteiger partial charge in [0.1, 0.15) is 22.4 Å². The summed E-state index contributed by atoms with van der Waals surface area (Å²) in [6, 6.07) is 7.43. The highest BCUT2D eigenvalue weighted by Gasteiger charge is 2.10. The first-order chi connectivity index (χ1) is 10.0. The van der Waals surface area contributed by atoms with Gasteiger partial charge in [-0.3, -0.25) is 0 Å². The van der Waals surface area contributed by atoms with E-state index < -0.39 is 5.97 Å². The average Bonchev–Trinajstić information content (AvgIpc) is 2.46. The molecule has 7 heteroatoms. The fourth-order valence-corrected chi connectivity index (χ4v) is 1.81. The molecule has 0 fully saturated rings. The minimum absolute atomic E-state index is 0.0140. The second kappa shape index (κ2) is 6.32. The molecule has 0 saturated heterocycles. The van der Waals surface area contributed by atoms with Gasteiger partial charge in [-0.05, 0) is 6.07 Å². The predicted molar refractivity (Wildman–Crippen MR) is 75.8 cm³/mol. The van der Waals surface area contributed by atoms with E-state index in [2.05, 4.69) is 4.98 Å². The summed E-state index contributed by atoms with van der Waals surface area (Å²) in [5.41, 5.74) is -0.0140. The molecule has 0 radical (unpaired) electrons. The third-order valence-corrected chi connectivity index (χ3v) is 2.76. The molecule has 0 spiro atoms. The van der Waals surface area contributed by atoms with Gasteiger partial charge in [-0.1, -0.05) is 11.6 Å². The molecule has 110 valence electrons. The van der Waals surface area contributed by atoms with E-state index in [1.165, 1.54) is 26.4 Å². The molecule has 2 rings (SSSR count). The van der Waals surface area contributed by atoms with Gasteiger partial charge in [0.25, 0.3) is 0 Å². The molecular weight excluding hydrogens is 298 g/mol. The number of methoxy groups -OCH3 is 2. The topological polar surface area (TPSA) is 77.9 Å². The third-order valence-electron chi connectivity index (χ3n) is 2.56. The number of hydrogen-bond acceptors (Lipinski definition) is 5. The van der Waals surface area contributed by atoms with Crippen LogP contribution in [0.5, 0.6) is 23.1 Å². The number of halogens is 1. The van der Waals surface area contributed by atoms with E-state index in [1.807, 2.05) is 0 Å². The van der Waals surface area contributed by atoms with Crippen LogP contribution in [0.1, 0.15) is 10.4 Å². The summed E-state index contributed by atoms with van der Waals surface area (Å²) >= 11 is 5.77. The number of aromatic nitrogens is 1. The lowest BCUT2D eigenvalue weighted by molar-refractivity contribution is 0.0696. The van der Waals surface area contributed by atoms with Crippen LogP contribution in [-0.2, 0) is 0 Å². The quantitative estimate of drug-likeness (QED) is 0.854. The van der Waals surface area contributed by atoms with Crippen molar-refractivity contribution in [3.05, 3.63) is 41.0 Å². The van der Waals surface area contributed by atoms with Crippen LogP contribution in [0.2, 0.25) is 5.15 Å². The number of ether oxygens (including phenoxy) is 3. The molecule has 0 aliphatic heterocycles. The second-order valence-corrected chi connectivity index (χ2v) is 4.36. The zero-order valence-electron chi connectivity index (χ0n) is 11.3. The number of carbonyl (C=O) groups is 1. The van der Waals surface area contributed by atoms with Gasteiger partial charge in [-0.25, -0.2) is 9.78 Å². The Morgan fingerprint density at radius 2 is 1.62 bits per heavy atom. The Bertz CT molecular complexity index is 652. The molecule has 21 heavy (non-hydrogen) atoms. The lowest BCUT2D eigenvalue weighted by atomic mass is 10.2. The SMILES string of the molecule is COc1cc(OC)cc(Oc2cc(C(=O)O)cc(Cl)n2)c1. The molecule has 0 amide bonds. The molecule has 2 aromatic rings. The van der Waals surface area contributed by atoms with Gasteiger partial charge in [0.05, 0.1) is 19.8 Å². The van der Waals surface area contributed by atoms with Crippen LogP contribution >= 0.6 is 11.6 Å². The fourth-order valence-electron chi connectivity index (χ4n) is 1.61. The highest BCUT2D eigenvalue weighted by atomic mass is 35.5. The third kappa shape index (κ3) is 3.76. The van der Waals surface area contributed by atoms with Crippen molar-refractivity contribution < 1.29 is 24.1 Å². The summed E-state index contributed by atoms with van der Waals surface area (Å²) in [4.78, 5) is 14.9. The highest BCUT2D eigenvalue weighted by molar-refractivity contribution is 6.29. The molecule has 6 nitrogen and oxygen atoms in total. The number of carboxylic acids is 1. The molecule has 1 N–H and O–H groups in total. The normalized spacial score (nSPS) is 10.0. The summed E-state index contributed by atoms with van der Waals surface area (Å²) in [5, 5.41) is 9.01. The minimum Gasteiger partial charge on any atom is -0.496 e. The average molecular weight is 310 g/mol. The predicted octanol–water partition coefficient (Wildman–Crippen LogP) is 3.24. The zero-order valence-corrected chi connectivity index (χ0v) is 12.0. The minimum atomic E-state index is -1.12. The van der Waals surface area contributed by atoms with Gasteiger partial charge in [-0.2, -0.15) is 0 Å². The van der Waals surface area contributed by atoms with Crippen molar-refractivity contribution in [3.63, 3.8) is 0 Å². The first-order valence-electron chi connectivity index (χ1n) is 5.83. The van der Waals surface area contributed by atoms with Crippen molar-refractivity contribution in [1.29, 1.82) is 0 Å². The van der Waals surface area contributed by atoms with E-state index in [-0.39, 0.29) is 16.6 Å².